The molecule has 2 atom stereocenters. The van der Waals surface area contributed by atoms with Crippen LogP contribution in [0.1, 0.15) is 40.2 Å². The predicted octanol–water partition coefficient (Wildman–Crippen LogP) is 2.93. The normalized spacial score (nSPS) is 16.5. The summed E-state index contributed by atoms with van der Waals surface area (Å²) >= 11 is -1.15. The lowest BCUT2D eigenvalue weighted by molar-refractivity contribution is 0.538. The SMILES string of the molecule is CC(=NCc1ccccc1)C(=CN)[C@H](C)N[S+]([O-])C(C)(C)C. The largest absolute Gasteiger partial charge is 0.598 e. The molecule has 0 saturated carbocycles. The van der Waals surface area contributed by atoms with Gasteiger partial charge in [-0.05, 0) is 40.2 Å². The van der Waals surface area contributed by atoms with Crippen molar-refractivity contribution in [1.29, 1.82) is 0 Å². The molecule has 122 valence electrons. The number of aliphatic imine (C=N–C) groups is 1. The highest BCUT2D eigenvalue weighted by Gasteiger charge is 2.29. The van der Waals surface area contributed by atoms with Crippen molar-refractivity contribution in [2.75, 3.05) is 0 Å². The van der Waals surface area contributed by atoms with Crippen molar-refractivity contribution in [1.82, 2.24) is 4.72 Å². The van der Waals surface area contributed by atoms with Crippen LogP contribution in [0, 0.1) is 0 Å². The highest BCUT2D eigenvalue weighted by Crippen LogP contribution is 2.16. The zero-order chi connectivity index (χ0) is 16.8. The Labute approximate surface area is 137 Å². The Morgan fingerprint density at radius 1 is 1.36 bits per heavy atom. The molecule has 0 saturated heterocycles. The highest BCUT2D eigenvalue weighted by atomic mass is 32.2. The molecule has 3 N–H and O–H groups in total. The number of nitrogens with one attached hydrogen (secondary N) is 1. The molecule has 0 heterocycles. The lowest BCUT2D eigenvalue weighted by atomic mass is 10.1. The van der Waals surface area contributed by atoms with Crippen LogP contribution in [-0.4, -0.2) is 21.1 Å². The molecule has 4 nitrogen and oxygen atoms in total. The van der Waals surface area contributed by atoms with Gasteiger partial charge in [0.15, 0.2) is 0 Å². The van der Waals surface area contributed by atoms with Gasteiger partial charge in [0.05, 0.1) is 12.6 Å². The predicted molar refractivity (Wildman–Crippen MR) is 96.0 cm³/mol. The molecule has 1 aromatic rings. The van der Waals surface area contributed by atoms with Gasteiger partial charge in [0.1, 0.15) is 4.75 Å². The molecule has 1 rings (SSSR count). The van der Waals surface area contributed by atoms with E-state index in [1.807, 2.05) is 65.0 Å². The Hall–Kier alpha value is -1.30. The van der Waals surface area contributed by atoms with Crippen LogP contribution in [0.5, 0.6) is 0 Å². The van der Waals surface area contributed by atoms with E-state index >= 15 is 0 Å². The molecule has 0 aliphatic rings. The van der Waals surface area contributed by atoms with Crippen LogP contribution in [0.3, 0.4) is 0 Å². The van der Waals surface area contributed by atoms with Crippen LogP contribution in [0.25, 0.3) is 0 Å². The number of nitrogens with two attached hydrogens (primary N) is 1. The number of benzene rings is 1. The maximum Gasteiger partial charge on any atom is 0.136 e. The van der Waals surface area contributed by atoms with Gasteiger partial charge >= 0.3 is 0 Å². The molecule has 0 bridgehead atoms. The Morgan fingerprint density at radius 2 is 1.95 bits per heavy atom. The quantitative estimate of drug-likeness (QED) is 0.625. The van der Waals surface area contributed by atoms with E-state index in [9.17, 15) is 4.55 Å². The minimum Gasteiger partial charge on any atom is -0.598 e. The molecular weight excluding hydrogens is 294 g/mol. The zero-order valence-electron chi connectivity index (χ0n) is 14.1. The maximum absolute atomic E-state index is 12.2. The topological polar surface area (TPSA) is 73.5 Å². The smallest absolute Gasteiger partial charge is 0.136 e. The van der Waals surface area contributed by atoms with Crippen molar-refractivity contribution in [3.05, 3.63) is 47.7 Å². The molecule has 0 amide bonds. The second kappa shape index (κ2) is 8.36. The minimum atomic E-state index is -1.15. The lowest BCUT2D eigenvalue weighted by Gasteiger charge is -2.27. The first-order valence-corrected chi connectivity index (χ1v) is 8.56. The van der Waals surface area contributed by atoms with Gasteiger partial charge in [0.25, 0.3) is 0 Å². The van der Waals surface area contributed by atoms with Crippen LogP contribution in [0.2, 0.25) is 0 Å². The molecule has 0 aliphatic heterocycles. The van der Waals surface area contributed by atoms with Gasteiger partial charge in [-0.2, -0.15) is 0 Å². The van der Waals surface area contributed by atoms with E-state index in [0.717, 1.165) is 16.8 Å². The van der Waals surface area contributed by atoms with E-state index in [4.69, 9.17) is 5.73 Å². The Bertz CT molecular complexity index is 520. The number of rotatable bonds is 6. The van der Waals surface area contributed by atoms with E-state index in [2.05, 4.69) is 9.71 Å². The zero-order valence-corrected chi connectivity index (χ0v) is 14.9. The number of nitrogens with zero attached hydrogens (tertiary/aromatic N) is 1. The second-order valence-corrected chi connectivity index (χ2v) is 8.23. The van der Waals surface area contributed by atoms with Crippen molar-refractivity contribution < 1.29 is 4.55 Å². The average molecular weight is 321 g/mol. The summed E-state index contributed by atoms with van der Waals surface area (Å²) in [5.74, 6) is 0. The lowest BCUT2D eigenvalue weighted by Crippen LogP contribution is -2.45. The summed E-state index contributed by atoms with van der Waals surface area (Å²) in [7, 11) is 0. The molecule has 1 unspecified atom stereocenters. The summed E-state index contributed by atoms with van der Waals surface area (Å²) in [4.78, 5) is 4.59. The molecular formula is C17H27N3OS. The van der Waals surface area contributed by atoms with Crippen LogP contribution in [0.15, 0.2) is 47.1 Å². The standard InChI is InChI=1S/C17H27N3OS/c1-13(19-12-15-9-7-6-8-10-15)16(11-18)14(2)20-22(21)17(3,4)5/h6-11,14,20H,12,18H2,1-5H3/t14-,22?/m0/s1. The van der Waals surface area contributed by atoms with Crippen molar-refractivity contribution >= 4 is 17.1 Å². The summed E-state index contributed by atoms with van der Waals surface area (Å²) in [5, 5.41) is 0. The molecule has 0 aliphatic carbocycles. The molecule has 5 heteroatoms. The molecule has 22 heavy (non-hydrogen) atoms. The fourth-order valence-corrected chi connectivity index (χ4v) is 2.67. The van der Waals surface area contributed by atoms with Crippen molar-refractivity contribution in [2.24, 2.45) is 10.7 Å². The van der Waals surface area contributed by atoms with Gasteiger partial charge in [-0.25, -0.2) is 0 Å². The highest BCUT2D eigenvalue weighted by molar-refractivity contribution is 7.90. The van der Waals surface area contributed by atoms with Crippen molar-refractivity contribution in [2.45, 2.75) is 52.0 Å². The van der Waals surface area contributed by atoms with Crippen LogP contribution in [0.4, 0.5) is 0 Å². The Kier molecular flexibility index (Phi) is 7.13. The van der Waals surface area contributed by atoms with Gasteiger partial charge in [-0.15, -0.1) is 4.72 Å². The number of hydrogen-bond donors (Lipinski definition) is 2. The summed E-state index contributed by atoms with van der Waals surface area (Å²) in [6.07, 6.45) is 1.54. The van der Waals surface area contributed by atoms with Crippen LogP contribution >= 0.6 is 0 Å². The second-order valence-electron chi connectivity index (χ2n) is 6.23. The Balaban J connectivity index is 2.74. The van der Waals surface area contributed by atoms with E-state index < -0.39 is 11.4 Å². The number of hydrogen-bond acceptors (Lipinski definition) is 4. The summed E-state index contributed by atoms with van der Waals surface area (Å²) in [6, 6.07) is 9.94. The first-order valence-electron chi connectivity index (χ1n) is 7.41. The first-order chi connectivity index (χ1) is 10.3. The van der Waals surface area contributed by atoms with Crippen molar-refractivity contribution in [3.8, 4) is 0 Å². The van der Waals surface area contributed by atoms with E-state index in [0.29, 0.717) is 6.54 Å². The first kappa shape index (κ1) is 18.7. The maximum atomic E-state index is 12.2. The van der Waals surface area contributed by atoms with E-state index in [1.54, 1.807) is 6.20 Å². The third kappa shape index (κ3) is 5.83. The molecule has 0 radical (unpaired) electrons. The van der Waals surface area contributed by atoms with E-state index in [1.165, 1.54) is 0 Å². The summed E-state index contributed by atoms with van der Waals surface area (Å²) < 4.78 is 15.0. The van der Waals surface area contributed by atoms with E-state index in [-0.39, 0.29) is 10.8 Å². The molecule has 1 aromatic carbocycles. The molecule has 0 fully saturated rings. The van der Waals surface area contributed by atoms with Gasteiger partial charge in [0, 0.05) is 28.8 Å². The fraction of sp³-hybridized carbons (Fsp3) is 0.471. The summed E-state index contributed by atoms with van der Waals surface area (Å²) in [6.45, 7) is 10.3. The molecule has 0 spiro atoms. The van der Waals surface area contributed by atoms with Crippen LogP contribution in [-0.2, 0) is 17.9 Å². The Morgan fingerprint density at radius 3 is 2.45 bits per heavy atom. The third-order valence-electron chi connectivity index (χ3n) is 3.25. The van der Waals surface area contributed by atoms with Gasteiger partial charge in [0.2, 0.25) is 0 Å². The van der Waals surface area contributed by atoms with Crippen molar-refractivity contribution in [3.63, 3.8) is 0 Å². The minimum absolute atomic E-state index is 0.121. The summed E-state index contributed by atoms with van der Waals surface area (Å²) in [5.41, 5.74) is 8.62. The molecule has 0 aromatic heterocycles. The van der Waals surface area contributed by atoms with Gasteiger partial charge in [-0.1, -0.05) is 30.3 Å². The third-order valence-corrected chi connectivity index (χ3v) is 4.93. The van der Waals surface area contributed by atoms with Crippen LogP contribution < -0.4 is 10.5 Å². The van der Waals surface area contributed by atoms with Gasteiger partial charge in [-0.3, -0.25) is 4.99 Å². The monoisotopic (exact) mass is 321 g/mol. The van der Waals surface area contributed by atoms with Gasteiger partial charge < -0.3 is 10.3 Å². The average Bonchev–Trinajstić information content (AvgIpc) is 2.46. The fourth-order valence-electron chi connectivity index (χ4n) is 1.86.